The molecule has 0 saturated heterocycles. The Hall–Kier alpha value is -2.51. The lowest BCUT2D eigenvalue weighted by Crippen LogP contribution is -2.20. The first kappa shape index (κ1) is 20.2. The molecule has 1 unspecified atom stereocenters. The van der Waals surface area contributed by atoms with Gasteiger partial charge in [-0.2, -0.15) is 0 Å². The maximum atomic E-state index is 11.9. The van der Waals surface area contributed by atoms with Crippen LogP contribution in [0.5, 0.6) is 5.75 Å². The minimum Gasteiger partial charge on any atom is -0.491 e. The van der Waals surface area contributed by atoms with E-state index in [0.29, 0.717) is 34.8 Å². The quantitative estimate of drug-likeness (QED) is 0.426. The molecule has 148 valence electrons. The number of para-hydroxylation sites is 2. The van der Waals surface area contributed by atoms with Crippen LogP contribution < -0.4 is 4.74 Å². The molecule has 0 spiro atoms. The molecule has 2 aromatic carbocycles. The summed E-state index contributed by atoms with van der Waals surface area (Å²) in [5.41, 5.74) is 1.99. The molecule has 0 bridgehead atoms. The molecule has 0 aliphatic rings. The van der Waals surface area contributed by atoms with E-state index in [9.17, 15) is 9.90 Å². The molecular weight excluding hydrogens is 378 g/mol. The number of aromatic nitrogens is 1. The molecule has 0 saturated carbocycles. The van der Waals surface area contributed by atoms with E-state index in [1.165, 1.54) is 11.8 Å². The Kier molecular flexibility index (Phi) is 6.95. The summed E-state index contributed by atoms with van der Waals surface area (Å²) in [5, 5.41) is 10.6. The van der Waals surface area contributed by atoms with Gasteiger partial charge in [-0.05, 0) is 42.3 Å². The number of hydrogen-bond donors (Lipinski definition) is 1. The SMILES string of the molecule is CC(C)COC(=O)c1ccc(OCC(O)CSc2nc3ccccc3o2)cc1. The highest BCUT2D eigenvalue weighted by Gasteiger charge is 2.12. The van der Waals surface area contributed by atoms with Crippen molar-refractivity contribution in [2.45, 2.75) is 25.2 Å². The molecule has 0 aliphatic heterocycles. The lowest BCUT2D eigenvalue weighted by atomic mass is 10.2. The molecule has 1 aromatic heterocycles. The van der Waals surface area contributed by atoms with Gasteiger partial charge in [0.2, 0.25) is 0 Å². The Morgan fingerprint density at radius 1 is 1.14 bits per heavy atom. The topological polar surface area (TPSA) is 81.8 Å². The fraction of sp³-hybridized carbons (Fsp3) is 0.333. The smallest absolute Gasteiger partial charge is 0.338 e. The van der Waals surface area contributed by atoms with Crippen molar-refractivity contribution in [3.63, 3.8) is 0 Å². The van der Waals surface area contributed by atoms with Crippen molar-refractivity contribution >= 4 is 28.8 Å². The van der Waals surface area contributed by atoms with Gasteiger partial charge in [0.05, 0.1) is 18.3 Å². The molecule has 7 heteroatoms. The zero-order chi connectivity index (χ0) is 19.9. The first-order chi connectivity index (χ1) is 13.5. The van der Waals surface area contributed by atoms with Crippen LogP contribution in [0.2, 0.25) is 0 Å². The summed E-state index contributed by atoms with van der Waals surface area (Å²) in [6.07, 6.45) is -0.685. The normalized spacial score (nSPS) is 12.3. The number of aliphatic hydroxyl groups is 1. The van der Waals surface area contributed by atoms with Crippen LogP contribution in [0.1, 0.15) is 24.2 Å². The fourth-order valence-electron chi connectivity index (χ4n) is 2.33. The third-order valence-corrected chi connectivity index (χ3v) is 4.73. The van der Waals surface area contributed by atoms with Gasteiger partial charge in [-0.15, -0.1) is 0 Å². The van der Waals surface area contributed by atoms with Crippen LogP contribution in [0.25, 0.3) is 11.1 Å². The highest BCUT2D eigenvalue weighted by atomic mass is 32.2. The van der Waals surface area contributed by atoms with Gasteiger partial charge < -0.3 is 19.0 Å². The van der Waals surface area contributed by atoms with Crippen LogP contribution >= 0.6 is 11.8 Å². The number of aliphatic hydroxyl groups excluding tert-OH is 1. The van der Waals surface area contributed by atoms with Crippen molar-refractivity contribution in [3.05, 3.63) is 54.1 Å². The maximum Gasteiger partial charge on any atom is 0.338 e. The van der Waals surface area contributed by atoms with Crippen LogP contribution in [0.15, 0.2) is 58.2 Å². The van der Waals surface area contributed by atoms with Crippen molar-refractivity contribution < 1.29 is 23.8 Å². The number of rotatable bonds is 9. The van der Waals surface area contributed by atoms with E-state index in [-0.39, 0.29) is 12.6 Å². The molecule has 3 aromatic rings. The first-order valence-corrected chi connectivity index (χ1v) is 10.1. The van der Waals surface area contributed by atoms with Crippen molar-refractivity contribution in [3.8, 4) is 5.75 Å². The van der Waals surface area contributed by atoms with E-state index in [2.05, 4.69) is 4.98 Å². The van der Waals surface area contributed by atoms with Gasteiger partial charge in [0.1, 0.15) is 17.9 Å². The summed E-state index contributed by atoms with van der Waals surface area (Å²) < 4.78 is 16.4. The number of ether oxygens (including phenoxy) is 2. The average molecular weight is 401 g/mol. The van der Waals surface area contributed by atoms with Crippen LogP contribution in [0.3, 0.4) is 0 Å². The van der Waals surface area contributed by atoms with Crippen molar-refractivity contribution in [2.75, 3.05) is 19.0 Å². The third-order valence-electron chi connectivity index (χ3n) is 3.75. The van der Waals surface area contributed by atoms with Crippen LogP contribution in [0, 0.1) is 5.92 Å². The Morgan fingerprint density at radius 3 is 2.61 bits per heavy atom. The van der Waals surface area contributed by atoms with E-state index in [0.717, 1.165) is 11.1 Å². The first-order valence-electron chi connectivity index (χ1n) is 9.07. The second kappa shape index (κ2) is 9.61. The average Bonchev–Trinajstić information content (AvgIpc) is 3.12. The highest BCUT2D eigenvalue weighted by molar-refractivity contribution is 7.99. The van der Waals surface area contributed by atoms with E-state index in [4.69, 9.17) is 13.9 Å². The molecule has 1 heterocycles. The minimum atomic E-state index is -0.685. The van der Waals surface area contributed by atoms with Crippen LogP contribution in [-0.4, -0.2) is 41.1 Å². The predicted molar refractivity (Wildman–Crippen MR) is 108 cm³/mol. The number of oxazole rings is 1. The molecule has 0 aliphatic carbocycles. The summed E-state index contributed by atoms with van der Waals surface area (Å²) in [6.45, 7) is 4.49. The van der Waals surface area contributed by atoms with E-state index < -0.39 is 6.10 Å². The summed E-state index contributed by atoms with van der Waals surface area (Å²) >= 11 is 1.33. The second-order valence-corrected chi connectivity index (χ2v) is 7.71. The molecule has 0 amide bonds. The Bertz CT molecular complexity index is 874. The Labute approximate surface area is 167 Å². The van der Waals surface area contributed by atoms with Gasteiger partial charge in [-0.25, -0.2) is 9.78 Å². The summed E-state index contributed by atoms with van der Waals surface area (Å²) in [5.74, 6) is 0.911. The van der Waals surface area contributed by atoms with Crippen LogP contribution in [-0.2, 0) is 4.74 Å². The summed E-state index contributed by atoms with van der Waals surface area (Å²) in [7, 11) is 0. The number of fused-ring (bicyclic) bond motifs is 1. The molecule has 1 N–H and O–H groups in total. The molecular formula is C21H23NO5S. The molecule has 0 fully saturated rings. The van der Waals surface area contributed by atoms with Crippen molar-refractivity contribution in [1.82, 2.24) is 4.98 Å². The largest absolute Gasteiger partial charge is 0.491 e. The Morgan fingerprint density at radius 2 is 1.89 bits per heavy atom. The van der Waals surface area contributed by atoms with Gasteiger partial charge in [0.15, 0.2) is 5.58 Å². The fourth-order valence-corrected chi connectivity index (χ4v) is 3.08. The predicted octanol–water partition coefficient (Wildman–Crippen LogP) is 4.17. The van der Waals surface area contributed by atoms with Crippen molar-refractivity contribution in [2.24, 2.45) is 5.92 Å². The monoisotopic (exact) mass is 401 g/mol. The molecule has 6 nitrogen and oxygen atoms in total. The zero-order valence-electron chi connectivity index (χ0n) is 15.8. The number of carbonyl (C=O) groups excluding carboxylic acids is 1. The number of hydrogen-bond acceptors (Lipinski definition) is 7. The van der Waals surface area contributed by atoms with Gasteiger partial charge in [0.25, 0.3) is 5.22 Å². The van der Waals surface area contributed by atoms with Gasteiger partial charge >= 0.3 is 5.97 Å². The number of nitrogens with zero attached hydrogens (tertiary/aromatic N) is 1. The van der Waals surface area contributed by atoms with Gasteiger partial charge in [-0.1, -0.05) is 37.7 Å². The second-order valence-electron chi connectivity index (χ2n) is 6.74. The molecule has 1 atom stereocenters. The van der Waals surface area contributed by atoms with Crippen LogP contribution in [0.4, 0.5) is 0 Å². The zero-order valence-corrected chi connectivity index (χ0v) is 16.6. The van der Waals surface area contributed by atoms with Gasteiger partial charge in [0, 0.05) is 5.75 Å². The number of thioether (sulfide) groups is 1. The lowest BCUT2D eigenvalue weighted by Gasteiger charge is -2.12. The molecule has 28 heavy (non-hydrogen) atoms. The lowest BCUT2D eigenvalue weighted by molar-refractivity contribution is 0.0459. The maximum absolute atomic E-state index is 11.9. The minimum absolute atomic E-state index is 0.129. The standard InChI is InChI=1S/C21H23NO5S/c1-14(2)11-26-20(24)15-7-9-17(10-8-15)25-12-16(23)13-28-21-22-18-5-3-4-6-19(18)27-21/h3-10,14,16,23H,11-13H2,1-2H3. The van der Waals surface area contributed by atoms with Gasteiger partial charge in [-0.3, -0.25) is 0 Å². The van der Waals surface area contributed by atoms with Crippen molar-refractivity contribution in [1.29, 1.82) is 0 Å². The van der Waals surface area contributed by atoms with E-state index >= 15 is 0 Å². The summed E-state index contributed by atoms with van der Waals surface area (Å²) in [6, 6.07) is 14.2. The highest BCUT2D eigenvalue weighted by Crippen LogP contribution is 2.24. The third kappa shape index (κ3) is 5.74. The summed E-state index contributed by atoms with van der Waals surface area (Å²) in [4.78, 5) is 16.2. The number of carbonyl (C=O) groups is 1. The Balaban J connectivity index is 1.43. The van der Waals surface area contributed by atoms with E-state index in [1.54, 1.807) is 24.3 Å². The number of esters is 1. The molecule has 0 radical (unpaired) electrons. The number of benzene rings is 2. The molecule has 3 rings (SSSR count). The van der Waals surface area contributed by atoms with E-state index in [1.807, 2.05) is 38.1 Å².